The van der Waals surface area contributed by atoms with Gasteiger partial charge >= 0.3 is 0 Å². The van der Waals surface area contributed by atoms with Gasteiger partial charge in [-0.25, -0.2) is 10.0 Å². The molecule has 8 atom stereocenters. The lowest BCUT2D eigenvalue weighted by Gasteiger charge is -2.52. The van der Waals surface area contributed by atoms with E-state index in [1.807, 2.05) is 0 Å². The van der Waals surface area contributed by atoms with E-state index in [1.165, 1.54) is 24.0 Å². The van der Waals surface area contributed by atoms with Crippen molar-refractivity contribution in [3.8, 4) is 0 Å². The number of benzene rings is 2. The maximum absolute atomic E-state index is 2.71. The smallest absolute Gasteiger partial charge is 0.00192 e. The zero-order valence-corrected chi connectivity index (χ0v) is 22.5. The van der Waals surface area contributed by atoms with Crippen LogP contribution >= 0.6 is 10.0 Å². The molecule has 0 heterocycles. The van der Waals surface area contributed by atoms with E-state index in [0.29, 0.717) is 23.7 Å². The lowest BCUT2D eigenvalue weighted by Crippen LogP contribution is -2.38. The second-order valence-electron chi connectivity index (χ2n) is 12.0. The van der Waals surface area contributed by atoms with Gasteiger partial charge in [-0.2, -0.15) is 0 Å². The predicted octanol–water partition coefficient (Wildman–Crippen LogP) is 8.64. The van der Waals surface area contributed by atoms with E-state index >= 15 is 0 Å². The van der Waals surface area contributed by atoms with Crippen molar-refractivity contribution in [3.63, 3.8) is 0 Å². The van der Waals surface area contributed by atoms with Gasteiger partial charge in [0.25, 0.3) is 0 Å². The second kappa shape index (κ2) is 9.00. The zero-order valence-electron chi connectivity index (χ0n) is 21.7. The molecule has 0 aliphatic heterocycles. The van der Waals surface area contributed by atoms with Crippen molar-refractivity contribution >= 4 is 21.2 Å². The average Bonchev–Trinajstić information content (AvgIpc) is 3.41. The lowest BCUT2D eigenvalue weighted by atomic mass is 9.81. The number of fused-ring (bicyclic) bond motifs is 2. The third kappa shape index (κ3) is 3.82. The molecule has 2 aromatic carbocycles. The molecule has 0 bridgehead atoms. The van der Waals surface area contributed by atoms with Gasteiger partial charge in [-0.15, -0.1) is 0 Å². The van der Waals surface area contributed by atoms with E-state index in [4.69, 9.17) is 0 Å². The molecular formula is C34H40S. The van der Waals surface area contributed by atoms with Crippen molar-refractivity contribution in [2.75, 3.05) is 12.5 Å². The van der Waals surface area contributed by atoms with Gasteiger partial charge in [0.1, 0.15) is 0 Å². The highest BCUT2D eigenvalue weighted by Crippen LogP contribution is 2.69. The van der Waals surface area contributed by atoms with E-state index < -0.39 is 10.0 Å². The molecule has 0 nitrogen and oxygen atoms in total. The average molecular weight is 481 g/mol. The summed E-state index contributed by atoms with van der Waals surface area (Å²) in [6.45, 7) is 5.13. The number of allylic oxidation sites excluding steroid dienone is 8. The summed E-state index contributed by atoms with van der Waals surface area (Å²) in [5.74, 6) is 4.24. The Kier molecular flexibility index (Phi) is 5.96. The minimum Gasteiger partial charge on any atom is -0.239 e. The first kappa shape index (κ1) is 23.2. The SMILES string of the molecule is C[C@@H]1CC2C(c3ccccc3)=CC=CC2C1S(C)(C)[C@@H]1C2C=CC=C(c3ccccc3)C2C[C@@H]1C. The molecule has 4 aliphatic carbocycles. The highest BCUT2D eigenvalue weighted by atomic mass is 32.3. The quantitative estimate of drug-likeness (QED) is 0.411. The van der Waals surface area contributed by atoms with Crippen molar-refractivity contribution in [2.24, 2.45) is 35.5 Å². The fraction of sp³-hybridized carbons (Fsp3) is 0.412. The summed E-state index contributed by atoms with van der Waals surface area (Å²) in [7, 11) is -0.846. The van der Waals surface area contributed by atoms with E-state index in [0.717, 1.165) is 22.3 Å². The van der Waals surface area contributed by atoms with Crippen molar-refractivity contribution in [1.29, 1.82) is 0 Å². The number of hydrogen-bond acceptors (Lipinski definition) is 0. The first-order chi connectivity index (χ1) is 17.0. The molecule has 2 fully saturated rings. The Morgan fingerprint density at radius 2 is 1.00 bits per heavy atom. The van der Waals surface area contributed by atoms with Gasteiger partial charge in [-0.05, 0) is 93.6 Å². The predicted molar refractivity (Wildman–Crippen MR) is 156 cm³/mol. The van der Waals surface area contributed by atoms with Crippen LogP contribution in [0.15, 0.2) is 97.1 Å². The Balaban J connectivity index is 1.31. The first-order valence-electron chi connectivity index (χ1n) is 13.6. The van der Waals surface area contributed by atoms with Gasteiger partial charge in [0.15, 0.2) is 0 Å². The molecule has 1 heteroatoms. The van der Waals surface area contributed by atoms with Crippen molar-refractivity contribution in [3.05, 3.63) is 108 Å². The summed E-state index contributed by atoms with van der Waals surface area (Å²) in [6, 6.07) is 22.3. The fourth-order valence-electron chi connectivity index (χ4n) is 8.65. The third-order valence-corrected chi connectivity index (χ3v) is 14.1. The van der Waals surface area contributed by atoms with E-state index in [2.05, 4.69) is 123 Å². The molecule has 6 rings (SSSR count). The normalized spacial score (nSPS) is 36.3. The second-order valence-corrected chi connectivity index (χ2v) is 16.0. The van der Waals surface area contributed by atoms with Crippen molar-refractivity contribution in [1.82, 2.24) is 0 Å². The molecule has 0 aromatic heterocycles. The van der Waals surface area contributed by atoms with Gasteiger partial charge in [0.05, 0.1) is 0 Å². The summed E-state index contributed by atoms with van der Waals surface area (Å²) < 4.78 is 0. The van der Waals surface area contributed by atoms with Crippen LogP contribution in [-0.2, 0) is 0 Å². The van der Waals surface area contributed by atoms with E-state index in [9.17, 15) is 0 Å². The molecule has 0 radical (unpaired) electrons. The van der Waals surface area contributed by atoms with Crippen LogP contribution in [0.1, 0.15) is 37.8 Å². The Morgan fingerprint density at radius 1 is 0.600 bits per heavy atom. The van der Waals surface area contributed by atoms with Crippen LogP contribution in [0, 0.1) is 35.5 Å². The molecular weight excluding hydrogens is 440 g/mol. The molecule has 0 spiro atoms. The highest BCUT2D eigenvalue weighted by Gasteiger charge is 2.54. The van der Waals surface area contributed by atoms with Gasteiger partial charge in [0.2, 0.25) is 0 Å². The minimum atomic E-state index is -0.846. The molecule has 182 valence electrons. The Morgan fingerprint density at radius 3 is 1.40 bits per heavy atom. The summed E-state index contributed by atoms with van der Waals surface area (Å²) in [6.07, 6.45) is 22.8. The summed E-state index contributed by atoms with van der Waals surface area (Å²) in [5, 5.41) is 1.59. The highest BCUT2D eigenvalue weighted by molar-refractivity contribution is 8.33. The monoisotopic (exact) mass is 480 g/mol. The molecule has 5 unspecified atom stereocenters. The zero-order chi connectivity index (χ0) is 24.2. The topological polar surface area (TPSA) is 0 Å². The molecule has 0 saturated heterocycles. The summed E-state index contributed by atoms with van der Waals surface area (Å²) >= 11 is 0. The number of rotatable bonds is 4. The van der Waals surface area contributed by atoms with Crippen LogP contribution in [0.3, 0.4) is 0 Å². The Bertz CT molecular complexity index is 1090. The maximum Gasteiger partial charge on any atom is -0.00192 e. The summed E-state index contributed by atoms with van der Waals surface area (Å²) in [5.41, 5.74) is 6.00. The standard InChI is InChI=1S/C34H40S/c1-23-21-31-27(25-13-7-5-8-14-25)17-11-19-29(31)33(23)35(3,4)34-24(2)22-32-28(18-12-20-30(32)34)26-15-9-6-10-16-26/h5-20,23-24,29-34H,21-22H2,1-4H3/t23-,24+,29?,30?,31?,32?,33-,34?/m0/s1. The van der Waals surface area contributed by atoms with Gasteiger partial charge in [0, 0.05) is 0 Å². The van der Waals surface area contributed by atoms with Gasteiger partial charge < -0.3 is 0 Å². The largest absolute Gasteiger partial charge is 0.239 e. The van der Waals surface area contributed by atoms with Crippen molar-refractivity contribution < 1.29 is 0 Å². The van der Waals surface area contributed by atoms with E-state index in [1.54, 1.807) is 11.1 Å². The molecule has 4 aliphatic rings. The van der Waals surface area contributed by atoms with Gasteiger partial charge in [-0.1, -0.05) is 111 Å². The van der Waals surface area contributed by atoms with Crippen LogP contribution in [0.4, 0.5) is 0 Å². The number of hydrogen-bond donors (Lipinski definition) is 0. The molecule has 2 aromatic rings. The third-order valence-electron chi connectivity index (χ3n) is 9.70. The molecule has 35 heavy (non-hydrogen) atoms. The van der Waals surface area contributed by atoms with Crippen LogP contribution in [0.2, 0.25) is 0 Å². The Labute approximate surface area is 214 Å². The maximum atomic E-state index is 2.71. The van der Waals surface area contributed by atoms with Gasteiger partial charge in [-0.3, -0.25) is 0 Å². The van der Waals surface area contributed by atoms with Crippen LogP contribution in [-0.4, -0.2) is 23.0 Å². The molecule has 0 N–H and O–H groups in total. The minimum absolute atomic E-state index is 0.670. The van der Waals surface area contributed by atoms with E-state index in [-0.39, 0.29) is 0 Å². The van der Waals surface area contributed by atoms with Crippen LogP contribution < -0.4 is 0 Å². The molecule has 2 saturated carbocycles. The lowest BCUT2D eigenvalue weighted by molar-refractivity contribution is 0.546. The van der Waals surface area contributed by atoms with Crippen LogP contribution in [0.25, 0.3) is 11.1 Å². The fourth-order valence-corrected chi connectivity index (χ4v) is 13.8. The molecule has 0 amide bonds. The first-order valence-corrected chi connectivity index (χ1v) is 16.1. The Hall–Kier alpha value is -2.25. The van der Waals surface area contributed by atoms with Crippen LogP contribution in [0.5, 0.6) is 0 Å². The van der Waals surface area contributed by atoms with Crippen molar-refractivity contribution in [2.45, 2.75) is 37.2 Å². The summed E-state index contributed by atoms with van der Waals surface area (Å²) in [4.78, 5) is 0.